The molecule has 3 fully saturated rings. The van der Waals surface area contributed by atoms with Crippen LogP contribution in [0.15, 0.2) is 12.2 Å². The van der Waals surface area contributed by atoms with E-state index >= 15 is 0 Å². The highest BCUT2D eigenvalue weighted by Gasteiger charge is 2.56. The first-order valence-electron chi connectivity index (χ1n) is 9.91. The summed E-state index contributed by atoms with van der Waals surface area (Å²) < 4.78 is 25.4. The maximum absolute atomic E-state index is 12.7. The number of sulfonamides is 1. The number of nitrogens with zero attached hydrogens (tertiary/aromatic N) is 3. The van der Waals surface area contributed by atoms with Crippen LogP contribution in [-0.4, -0.2) is 79.4 Å². The van der Waals surface area contributed by atoms with Gasteiger partial charge in [0.2, 0.25) is 21.8 Å². The van der Waals surface area contributed by atoms with Crippen molar-refractivity contribution in [1.29, 1.82) is 0 Å². The first kappa shape index (κ1) is 23.2. The molecule has 0 spiro atoms. The average Bonchev–Trinajstić information content (AvgIpc) is 3.10. The highest BCUT2D eigenvalue weighted by molar-refractivity contribution is 7.88. The van der Waals surface area contributed by atoms with Crippen molar-refractivity contribution in [1.82, 2.24) is 14.1 Å². The molecule has 3 aliphatic rings. The van der Waals surface area contributed by atoms with Gasteiger partial charge in [-0.15, -0.1) is 12.4 Å². The van der Waals surface area contributed by atoms with Crippen LogP contribution < -0.4 is 0 Å². The monoisotopic (exact) mass is 433 g/mol. The third kappa shape index (κ3) is 4.71. The summed E-state index contributed by atoms with van der Waals surface area (Å²) >= 11 is 0. The van der Waals surface area contributed by atoms with Gasteiger partial charge >= 0.3 is 0 Å². The summed E-state index contributed by atoms with van der Waals surface area (Å²) in [5, 5.41) is 0. The average molecular weight is 434 g/mol. The van der Waals surface area contributed by atoms with E-state index in [9.17, 15) is 18.0 Å². The molecule has 0 aromatic carbocycles. The van der Waals surface area contributed by atoms with Crippen molar-refractivity contribution in [3.63, 3.8) is 0 Å². The highest BCUT2D eigenvalue weighted by atomic mass is 35.5. The molecule has 0 saturated carbocycles. The second-order valence-corrected chi connectivity index (χ2v) is 10.3. The van der Waals surface area contributed by atoms with Gasteiger partial charge in [-0.05, 0) is 31.8 Å². The van der Waals surface area contributed by atoms with Crippen molar-refractivity contribution in [3.05, 3.63) is 12.2 Å². The Hall–Kier alpha value is -1.12. The second kappa shape index (κ2) is 9.13. The predicted molar refractivity (Wildman–Crippen MR) is 111 cm³/mol. The van der Waals surface area contributed by atoms with Gasteiger partial charge in [-0.25, -0.2) is 12.7 Å². The summed E-state index contributed by atoms with van der Waals surface area (Å²) in [4.78, 5) is 29.3. The van der Waals surface area contributed by atoms with Crippen molar-refractivity contribution in [2.45, 2.75) is 39.2 Å². The molecule has 9 heteroatoms. The molecule has 3 aliphatic heterocycles. The standard InChI is InChI=1S/C19H31N3O4S.ClH/c1-14(2)18-15-12-21(13-16(15)22(19(18)24)27(3,25)26)17(23)8-7-11-20-9-5-4-6-10-20;/h7-8,14-16,18H,4-6,9-13H2,1-3H3;1H/b8-7+;/t15-,16-,18+;/m1./s1. The van der Waals surface area contributed by atoms with Gasteiger partial charge in [0.1, 0.15) is 0 Å². The Morgan fingerprint density at radius 3 is 2.39 bits per heavy atom. The minimum atomic E-state index is -3.63. The highest BCUT2D eigenvalue weighted by Crippen LogP contribution is 2.41. The van der Waals surface area contributed by atoms with Gasteiger partial charge in [0, 0.05) is 37.5 Å². The van der Waals surface area contributed by atoms with Crippen LogP contribution in [0.1, 0.15) is 33.1 Å². The fourth-order valence-electron chi connectivity index (χ4n) is 4.83. The van der Waals surface area contributed by atoms with E-state index in [2.05, 4.69) is 4.90 Å². The summed E-state index contributed by atoms with van der Waals surface area (Å²) in [5.41, 5.74) is 0. The van der Waals surface area contributed by atoms with Gasteiger partial charge in [-0.2, -0.15) is 0 Å². The maximum Gasteiger partial charge on any atom is 0.246 e. The van der Waals surface area contributed by atoms with Crippen LogP contribution in [0, 0.1) is 17.8 Å². The van der Waals surface area contributed by atoms with Gasteiger partial charge in [-0.1, -0.05) is 26.3 Å². The normalized spacial score (nSPS) is 28.9. The molecule has 3 rings (SSSR count). The lowest BCUT2D eigenvalue weighted by Crippen LogP contribution is -2.43. The lowest BCUT2D eigenvalue weighted by molar-refractivity contribution is -0.131. The molecule has 0 aromatic rings. The molecule has 3 atom stereocenters. The number of fused-ring (bicyclic) bond motifs is 1. The van der Waals surface area contributed by atoms with Crippen molar-refractivity contribution >= 4 is 34.2 Å². The third-order valence-corrected chi connectivity index (χ3v) is 7.22. The van der Waals surface area contributed by atoms with Gasteiger partial charge in [0.15, 0.2) is 0 Å². The van der Waals surface area contributed by atoms with Gasteiger partial charge in [0.25, 0.3) is 0 Å². The number of carbonyl (C=O) groups excluding carboxylic acids is 2. The quantitative estimate of drug-likeness (QED) is 0.611. The molecule has 0 radical (unpaired) electrons. The number of likely N-dealkylation sites (tertiary alicyclic amines) is 2. The zero-order valence-corrected chi connectivity index (χ0v) is 18.5. The van der Waals surface area contributed by atoms with E-state index in [0.717, 1.165) is 30.2 Å². The van der Waals surface area contributed by atoms with Crippen LogP contribution in [-0.2, 0) is 19.6 Å². The fraction of sp³-hybridized carbons (Fsp3) is 0.789. The van der Waals surface area contributed by atoms with Crippen LogP contribution in [0.4, 0.5) is 0 Å². The Labute approximate surface area is 174 Å². The number of carbonyl (C=O) groups is 2. The van der Waals surface area contributed by atoms with Crippen molar-refractivity contribution in [2.75, 3.05) is 39.0 Å². The molecule has 0 N–H and O–H groups in total. The number of hydrogen-bond acceptors (Lipinski definition) is 5. The van der Waals surface area contributed by atoms with E-state index in [-0.39, 0.29) is 42.0 Å². The smallest absolute Gasteiger partial charge is 0.246 e. The molecule has 0 aromatic heterocycles. The lowest BCUT2D eigenvalue weighted by Gasteiger charge is -2.25. The van der Waals surface area contributed by atoms with Gasteiger partial charge in [-0.3, -0.25) is 14.5 Å². The molecular weight excluding hydrogens is 402 g/mol. The molecule has 0 unspecified atom stereocenters. The summed E-state index contributed by atoms with van der Waals surface area (Å²) in [7, 11) is -3.63. The van der Waals surface area contributed by atoms with Crippen molar-refractivity contribution < 1.29 is 18.0 Å². The van der Waals surface area contributed by atoms with E-state index in [1.165, 1.54) is 19.3 Å². The van der Waals surface area contributed by atoms with Crippen LogP contribution >= 0.6 is 12.4 Å². The van der Waals surface area contributed by atoms with E-state index in [0.29, 0.717) is 13.1 Å². The van der Waals surface area contributed by atoms with E-state index in [4.69, 9.17) is 0 Å². The minimum absolute atomic E-state index is 0. The van der Waals surface area contributed by atoms with Gasteiger partial charge in [0.05, 0.1) is 12.3 Å². The van der Waals surface area contributed by atoms with E-state index in [1.807, 2.05) is 19.9 Å². The Balaban J connectivity index is 0.00000280. The molecule has 2 amide bonds. The predicted octanol–water partition coefficient (Wildman–Crippen LogP) is 1.35. The SMILES string of the molecule is CC(C)[C@@H]1C(=O)N(S(C)(=O)=O)[C@@H]2CN(C(=O)/C=C/CN3CCCCC3)C[C@H]21.Cl. The van der Waals surface area contributed by atoms with Crippen LogP contribution in [0.2, 0.25) is 0 Å². The van der Waals surface area contributed by atoms with Crippen molar-refractivity contribution in [2.24, 2.45) is 17.8 Å². The molecule has 0 bridgehead atoms. The van der Waals surface area contributed by atoms with Gasteiger partial charge < -0.3 is 4.90 Å². The summed E-state index contributed by atoms with van der Waals surface area (Å²) in [6.45, 7) is 7.54. The largest absolute Gasteiger partial charge is 0.337 e. The first-order valence-corrected chi connectivity index (χ1v) is 11.8. The fourth-order valence-corrected chi connectivity index (χ4v) is 5.99. The Morgan fingerprint density at radius 1 is 1.18 bits per heavy atom. The summed E-state index contributed by atoms with van der Waals surface area (Å²) in [6.07, 6.45) is 8.29. The zero-order valence-electron chi connectivity index (χ0n) is 16.9. The lowest BCUT2D eigenvalue weighted by atomic mass is 9.84. The molecular formula is C19H32ClN3O4S. The van der Waals surface area contributed by atoms with E-state index < -0.39 is 16.1 Å². The first-order chi connectivity index (χ1) is 12.7. The second-order valence-electron chi connectivity index (χ2n) is 8.40. The molecule has 3 saturated heterocycles. The Bertz CT molecular complexity index is 719. The van der Waals surface area contributed by atoms with Crippen molar-refractivity contribution in [3.8, 4) is 0 Å². The number of halogens is 1. The summed E-state index contributed by atoms with van der Waals surface area (Å²) in [6, 6.07) is -0.431. The Morgan fingerprint density at radius 2 is 1.82 bits per heavy atom. The third-order valence-electron chi connectivity index (χ3n) is 6.06. The maximum atomic E-state index is 12.7. The topological polar surface area (TPSA) is 78.0 Å². The van der Waals surface area contributed by atoms with Crippen LogP contribution in [0.25, 0.3) is 0 Å². The Kier molecular flexibility index (Phi) is 7.56. The molecule has 28 heavy (non-hydrogen) atoms. The van der Waals surface area contributed by atoms with E-state index in [1.54, 1.807) is 11.0 Å². The molecule has 160 valence electrons. The van der Waals surface area contributed by atoms with Crippen LogP contribution in [0.3, 0.4) is 0 Å². The number of rotatable bonds is 5. The zero-order chi connectivity index (χ0) is 19.8. The number of amides is 2. The molecule has 7 nitrogen and oxygen atoms in total. The van der Waals surface area contributed by atoms with Crippen LogP contribution in [0.5, 0.6) is 0 Å². The number of piperidine rings is 1. The molecule has 0 aliphatic carbocycles. The summed E-state index contributed by atoms with van der Waals surface area (Å²) in [5.74, 6) is -0.826. The molecule has 3 heterocycles. The number of hydrogen-bond donors (Lipinski definition) is 0. The minimum Gasteiger partial charge on any atom is -0.337 e.